The molecule has 27 heavy (non-hydrogen) atoms. The summed E-state index contributed by atoms with van der Waals surface area (Å²) in [4.78, 5) is 23.4. The molecule has 3 rings (SSSR count). The number of nitrogens with zero attached hydrogens (tertiary/aromatic N) is 2. The van der Waals surface area contributed by atoms with Crippen LogP contribution in [-0.4, -0.2) is 38.2 Å². The third-order valence-electron chi connectivity index (χ3n) is 4.60. The van der Waals surface area contributed by atoms with E-state index in [0.29, 0.717) is 24.3 Å². The van der Waals surface area contributed by atoms with E-state index in [1.807, 2.05) is 36.6 Å². The lowest BCUT2D eigenvalue weighted by molar-refractivity contribution is 0.0216. The van der Waals surface area contributed by atoms with Gasteiger partial charge in [-0.3, -0.25) is 9.69 Å². The van der Waals surface area contributed by atoms with Crippen molar-refractivity contribution >= 4 is 21.6 Å². The van der Waals surface area contributed by atoms with Gasteiger partial charge in [-0.2, -0.15) is 0 Å². The van der Waals surface area contributed by atoms with Gasteiger partial charge in [-0.1, -0.05) is 24.3 Å². The van der Waals surface area contributed by atoms with E-state index in [-0.39, 0.29) is 11.6 Å². The van der Waals surface area contributed by atoms with Gasteiger partial charge in [0.2, 0.25) is 0 Å². The van der Waals surface area contributed by atoms with Gasteiger partial charge < -0.3 is 10.1 Å². The minimum atomic E-state index is -0.810. The van der Waals surface area contributed by atoms with Crippen molar-refractivity contribution in [3.8, 4) is 11.1 Å². The number of fused-ring (bicyclic) bond motifs is 1. The minimum absolute atomic E-state index is 0.110. The molecule has 6 heteroatoms. The summed E-state index contributed by atoms with van der Waals surface area (Å²) in [6, 6.07) is 8.29. The number of hydrogen-bond donors (Lipinski definition) is 2. The van der Waals surface area contributed by atoms with Crippen LogP contribution in [0.5, 0.6) is 0 Å². The van der Waals surface area contributed by atoms with Crippen LogP contribution in [0.15, 0.2) is 34.4 Å². The summed E-state index contributed by atoms with van der Waals surface area (Å²) in [7, 11) is 0. The SMILES string of the molecule is Cc1ccccc1-c1csc2nc(CN(CC(C)(C)O)C(C)C)[nH]c(=O)c12. The minimum Gasteiger partial charge on any atom is -0.389 e. The van der Waals surface area contributed by atoms with Crippen LogP contribution in [-0.2, 0) is 6.54 Å². The Labute approximate surface area is 163 Å². The first-order valence-corrected chi connectivity index (χ1v) is 10.1. The quantitative estimate of drug-likeness (QED) is 0.674. The normalized spacial score (nSPS) is 12.4. The van der Waals surface area contributed by atoms with E-state index in [9.17, 15) is 9.90 Å². The standard InChI is InChI=1S/C21H27N3O2S/c1-13(2)24(12-21(4,5)26)10-17-22-19(25)18-16(11-27-20(18)23-17)15-9-7-6-8-14(15)3/h6-9,11,13,26H,10,12H2,1-5H3,(H,22,23,25). The van der Waals surface area contributed by atoms with Crippen LogP contribution >= 0.6 is 11.3 Å². The first kappa shape index (κ1) is 19.7. The molecule has 0 amide bonds. The Balaban J connectivity index is 1.99. The first-order valence-electron chi connectivity index (χ1n) is 9.18. The number of benzene rings is 1. The fourth-order valence-electron chi connectivity index (χ4n) is 3.25. The molecule has 0 spiro atoms. The number of nitrogens with one attached hydrogen (secondary N) is 1. The van der Waals surface area contributed by atoms with E-state index >= 15 is 0 Å². The van der Waals surface area contributed by atoms with E-state index in [2.05, 4.69) is 23.7 Å². The highest BCUT2D eigenvalue weighted by atomic mass is 32.1. The van der Waals surface area contributed by atoms with Crippen LogP contribution in [0, 0.1) is 6.92 Å². The molecule has 3 aromatic rings. The van der Waals surface area contributed by atoms with Gasteiger partial charge in [-0.25, -0.2) is 4.98 Å². The largest absolute Gasteiger partial charge is 0.389 e. The van der Waals surface area contributed by atoms with Crippen molar-refractivity contribution in [1.29, 1.82) is 0 Å². The summed E-state index contributed by atoms with van der Waals surface area (Å²) in [6.07, 6.45) is 0. The summed E-state index contributed by atoms with van der Waals surface area (Å²) in [5.74, 6) is 0.628. The van der Waals surface area contributed by atoms with Crippen molar-refractivity contribution in [2.24, 2.45) is 0 Å². The Hall–Kier alpha value is -2.02. The average molecular weight is 386 g/mol. The van der Waals surface area contributed by atoms with Crippen LogP contribution in [0.2, 0.25) is 0 Å². The molecule has 0 aliphatic rings. The topological polar surface area (TPSA) is 69.2 Å². The number of hydrogen-bond acceptors (Lipinski definition) is 5. The van der Waals surface area contributed by atoms with E-state index < -0.39 is 5.60 Å². The predicted octanol–water partition coefficient (Wildman–Crippen LogP) is 3.94. The lowest BCUT2D eigenvalue weighted by Gasteiger charge is -2.31. The second kappa shape index (κ2) is 7.54. The van der Waals surface area contributed by atoms with Crippen molar-refractivity contribution in [3.05, 3.63) is 51.4 Å². The molecule has 0 atom stereocenters. The van der Waals surface area contributed by atoms with Crippen LogP contribution < -0.4 is 5.56 Å². The number of aromatic amines is 1. The highest BCUT2D eigenvalue weighted by Gasteiger charge is 2.22. The zero-order valence-corrected chi connectivity index (χ0v) is 17.4. The van der Waals surface area contributed by atoms with E-state index in [1.54, 1.807) is 13.8 Å². The van der Waals surface area contributed by atoms with Gasteiger partial charge >= 0.3 is 0 Å². The maximum absolute atomic E-state index is 12.8. The number of aliphatic hydroxyl groups is 1. The molecule has 2 N–H and O–H groups in total. The Morgan fingerprint density at radius 1 is 1.26 bits per heavy atom. The maximum atomic E-state index is 12.8. The molecule has 144 valence electrons. The molecule has 0 aliphatic carbocycles. The van der Waals surface area contributed by atoms with E-state index in [1.165, 1.54) is 11.3 Å². The van der Waals surface area contributed by atoms with Gasteiger partial charge in [0, 0.05) is 23.5 Å². The van der Waals surface area contributed by atoms with Crippen molar-refractivity contribution in [1.82, 2.24) is 14.9 Å². The molecular weight excluding hydrogens is 358 g/mol. The number of thiophene rings is 1. The van der Waals surface area contributed by atoms with Gasteiger partial charge in [0.25, 0.3) is 5.56 Å². The molecule has 0 unspecified atom stereocenters. The average Bonchev–Trinajstić information content (AvgIpc) is 2.97. The van der Waals surface area contributed by atoms with Crippen LogP contribution in [0.1, 0.15) is 39.1 Å². The van der Waals surface area contributed by atoms with Gasteiger partial charge in [-0.05, 0) is 45.7 Å². The summed E-state index contributed by atoms with van der Waals surface area (Å²) in [6.45, 7) is 10.8. The Morgan fingerprint density at radius 3 is 2.59 bits per heavy atom. The molecule has 0 saturated heterocycles. The van der Waals surface area contributed by atoms with Crippen LogP contribution in [0.25, 0.3) is 21.3 Å². The van der Waals surface area contributed by atoms with Crippen molar-refractivity contribution in [2.75, 3.05) is 6.54 Å². The zero-order chi connectivity index (χ0) is 19.8. The summed E-state index contributed by atoms with van der Waals surface area (Å²) >= 11 is 1.50. The summed E-state index contributed by atoms with van der Waals surface area (Å²) in [5, 5.41) is 12.8. The Bertz CT molecular complexity index is 999. The second-order valence-electron chi connectivity index (χ2n) is 7.97. The first-order chi connectivity index (χ1) is 12.7. The Morgan fingerprint density at radius 2 is 1.96 bits per heavy atom. The lowest BCUT2D eigenvalue weighted by Crippen LogP contribution is -2.42. The highest BCUT2D eigenvalue weighted by molar-refractivity contribution is 7.17. The highest BCUT2D eigenvalue weighted by Crippen LogP contribution is 2.32. The van der Waals surface area contributed by atoms with Gasteiger partial charge in [0.15, 0.2) is 0 Å². The van der Waals surface area contributed by atoms with Crippen molar-refractivity contribution in [2.45, 2.75) is 52.8 Å². The molecule has 1 aromatic carbocycles. The lowest BCUT2D eigenvalue weighted by atomic mass is 10.0. The molecule has 0 bridgehead atoms. The molecule has 2 aromatic heterocycles. The fraction of sp³-hybridized carbons (Fsp3) is 0.429. The van der Waals surface area contributed by atoms with Gasteiger partial charge in [0.1, 0.15) is 10.7 Å². The van der Waals surface area contributed by atoms with Crippen LogP contribution in [0.3, 0.4) is 0 Å². The maximum Gasteiger partial charge on any atom is 0.260 e. The molecular formula is C21H27N3O2S. The molecule has 0 saturated carbocycles. The number of H-pyrrole nitrogens is 1. The number of aryl methyl sites for hydroxylation is 1. The van der Waals surface area contributed by atoms with Gasteiger partial charge in [-0.15, -0.1) is 11.3 Å². The molecule has 2 heterocycles. The predicted molar refractivity (Wildman–Crippen MR) is 112 cm³/mol. The fourth-order valence-corrected chi connectivity index (χ4v) is 4.21. The number of aromatic nitrogens is 2. The van der Waals surface area contributed by atoms with Crippen molar-refractivity contribution < 1.29 is 5.11 Å². The van der Waals surface area contributed by atoms with E-state index in [0.717, 1.165) is 21.5 Å². The zero-order valence-electron chi connectivity index (χ0n) is 16.5. The monoisotopic (exact) mass is 385 g/mol. The molecule has 0 fully saturated rings. The van der Waals surface area contributed by atoms with E-state index in [4.69, 9.17) is 4.98 Å². The molecule has 5 nitrogen and oxygen atoms in total. The smallest absolute Gasteiger partial charge is 0.260 e. The molecule has 0 aliphatic heterocycles. The Kier molecular flexibility index (Phi) is 5.51. The second-order valence-corrected chi connectivity index (χ2v) is 8.83. The number of rotatable bonds is 6. The third kappa shape index (κ3) is 4.46. The summed E-state index contributed by atoms with van der Waals surface area (Å²) < 4.78 is 0. The van der Waals surface area contributed by atoms with Gasteiger partial charge in [0.05, 0.1) is 17.5 Å². The summed E-state index contributed by atoms with van der Waals surface area (Å²) in [5.41, 5.74) is 2.22. The van der Waals surface area contributed by atoms with Crippen molar-refractivity contribution in [3.63, 3.8) is 0 Å². The molecule has 0 radical (unpaired) electrons. The van der Waals surface area contributed by atoms with Crippen LogP contribution in [0.4, 0.5) is 0 Å². The third-order valence-corrected chi connectivity index (χ3v) is 5.47.